The van der Waals surface area contributed by atoms with E-state index >= 15 is 0 Å². The first kappa shape index (κ1) is 20.4. The summed E-state index contributed by atoms with van der Waals surface area (Å²) in [6.45, 7) is -3.22. The van der Waals surface area contributed by atoms with Crippen molar-refractivity contribution in [2.24, 2.45) is 5.92 Å². The molecule has 0 spiro atoms. The highest BCUT2D eigenvalue weighted by Gasteiger charge is 2.35. The Balaban J connectivity index is 1.94. The van der Waals surface area contributed by atoms with Gasteiger partial charge in [0.2, 0.25) is 0 Å². The molecule has 2 aromatic carbocycles. The van der Waals surface area contributed by atoms with E-state index in [1.165, 1.54) is 24.3 Å². The zero-order chi connectivity index (χ0) is 21.1. The number of alkyl halides is 2. The Morgan fingerprint density at radius 1 is 1.21 bits per heavy atom. The van der Waals surface area contributed by atoms with Crippen LogP contribution in [0.15, 0.2) is 36.4 Å². The standard InChI is InChI=1S/C19H17F3N2O5/c1-28-15-8-13(14(24(26)27)9-16(15)29-19(21)22)18(25)23-17(10-2-3-10)11-4-6-12(20)7-5-11/h4-10,17,19H,2-3H2,1H3,(H,23,25). The Hall–Kier alpha value is -3.30. The van der Waals surface area contributed by atoms with Crippen LogP contribution >= 0.6 is 0 Å². The lowest BCUT2D eigenvalue weighted by atomic mass is 10.0. The van der Waals surface area contributed by atoms with Crippen LogP contribution in [0.5, 0.6) is 11.5 Å². The third-order valence-corrected chi connectivity index (χ3v) is 4.55. The van der Waals surface area contributed by atoms with Crippen molar-refractivity contribution < 1.29 is 32.4 Å². The lowest BCUT2D eigenvalue weighted by molar-refractivity contribution is -0.385. The number of methoxy groups -OCH3 is 1. The van der Waals surface area contributed by atoms with Gasteiger partial charge in [-0.2, -0.15) is 8.78 Å². The molecule has 0 aromatic heterocycles. The summed E-state index contributed by atoms with van der Waals surface area (Å²) in [5.74, 6) is -1.88. The molecule has 0 bridgehead atoms. The topological polar surface area (TPSA) is 90.7 Å². The van der Waals surface area contributed by atoms with Crippen molar-refractivity contribution >= 4 is 11.6 Å². The van der Waals surface area contributed by atoms with Gasteiger partial charge < -0.3 is 14.8 Å². The first-order valence-corrected chi connectivity index (χ1v) is 8.67. The Kier molecular flexibility index (Phi) is 5.90. The van der Waals surface area contributed by atoms with Crippen LogP contribution < -0.4 is 14.8 Å². The summed E-state index contributed by atoms with van der Waals surface area (Å²) in [7, 11) is 1.16. The van der Waals surface area contributed by atoms with Crippen molar-refractivity contribution in [2.75, 3.05) is 7.11 Å². The normalized spacial score (nSPS) is 14.4. The average molecular weight is 410 g/mol. The quantitative estimate of drug-likeness (QED) is 0.520. The molecule has 1 unspecified atom stereocenters. The minimum Gasteiger partial charge on any atom is -0.493 e. The number of halogens is 3. The minimum atomic E-state index is -3.22. The van der Waals surface area contributed by atoms with E-state index in [2.05, 4.69) is 10.1 Å². The molecule has 1 atom stereocenters. The summed E-state index contributed by atoms with van der Waals surface area (Å²) in [4.78, 5) is 23.4. The highest BCUT2D eigenvalue weighted by Crippen LogP contribution is 2.42. The zero-order valence-electron chi connectivity index (χ0n) is 15.2. The summed E-state index contributed by atoms with van der Waals surface area (Å²) in [5.41, 5.74) is -0.400. The number of nitrogens with zero attached hydrogens (tertiary/aromatic N) is 1. The van der Waals surface area contributed by atoms with Crippen LogP contribution in [-0.2, 0) is 0 Å². The van der Waals surface area contributed by atoms with Crippen molar-refractivity contribution in [1.29, 1.82) is 0 Å². The van der Waals surface area contributed by atoms with Gasteiger partial charge in [0.1, 0.15) is 11.4 Å². The maximum absolute atomic E-state index is 13.2. The predicted molar refractivity (Wildman–Crippen MR) is 95.6 cm³/mol. The molecule has 0 saturated heterocycles. The van der Waals surface area contributed by atoms with Crippen LogP contribution in [0.2, 0.25) is 0 Å². The number of hydrogen-bond acceptors (Lipinski definition) is 5. The largest absolute Gasteiger partial charge is 0.493 e. The van der Waals surface area contributed by atoms with Crippen molar-refractivity contribution in [3.63, 3.8) is 0 Å². The van der Waals surface area contributed by atoms with E-state index in [1.807, 2.05) is 0 Å². The molecule has 1 fully saturated rings. The second-order valence-electron chi connectivity index (χ2n) is 6.50. The van der Waals surface area contributed by atoms with Gasteiger partial charge in [0.15, 0.2) is 11.5 Å². The van der Waals surface area contributed by atoms with Crippen LogP contribution in [0.3, 0.4) is 0 Å². The number of nitro benzene ring substituents is 1. The Labute approximate surface area is 163 Å². The van der Waals surface area contributed by atoms with Crippen LogP contribution in [0, 0.1) is 21.8 Å². The number of carbonyl (C=O) groups is 1. The van der Waals surface area contributed by atoms with Gasteiger partial charge in [-0.25, -0.2) is 4.39 Å². The fourth-order valence-corrected chi connectivity index (χ4v) is 3.02. The number of amides is 1. The third-order valence-electron chi connectivity index (χ3n) is 4.55. The first-order chi connectivity index (χ1) is 13.8. The molecule has 10 heteroatoms. The highest BCUT2D eigenvalue weighted by molar-refractivity contribution is 5.99. The van der Waals surface area contributed by atoms with Gasteiger partial charge in [0, 0.05) is 6.07 Å². The SMILES string of the molecule is COc1cc(C(=O)NC(c2ccc(F)cc2)C2CC2)c([N+](=O)[O-])cc1OC(F)F. The molecule has 1 N–H and O–H groups in total. The summed E-state index contributed by atoms with van der Waals surface area (Å²) in [5, 5.41) is 14.1. The second kappa shape index (κ2) is 8.38. The van der Waals surface area contributed by atoms with Gasteiger partial charge in [-0.3, -0.25) is 14.9 Å². The summed E-state index contributed by atoms with van der Waals surface area (Å²) >= 11 is 0. The van der Waals surface area contributed by atoms with Gasteiger partial charge >= 0.3 is 6.61 Å². The molecule has 1 aliphatic carbocycles. The van der Waals surface area contributed by atoms with E-state index in [0.717, 1.165) is 32.1 Å². The van der Waals surface area contributed by atoms with E-state index in [9.17, 15) is 28.1 Å². The second-order valence-corrected chi connectivity index (χ2v) is 6.50. The molecule has 0 radical (unpaired) electrons. The first-order valence-electron chi connectivity index (χ1n) is 8.67. The van der Waals surface area contributed by atoms with Gasteiger partial charge in [-0.15, -0.1) is 0 Å². The van der Waals surface area contributed by atoms with Crippen molar-refractivity contribution in [1.82, 2.24) is 5.32 Å². The molecule has 7 nitrogen and oxygen atoms in total. The minimum absolute atomic E-state index is 0.117. The third kappa shape index (κ3) is 4.76. The Bertz CT molecular complexity index is 917. The molecule has 2 aromatic rings. The number of rotatable bonds is 8. The molecule has 3 rings (SSSR count). The number of ether oxygens (including phenoxy) is 2. The summed E-state index contributed by atoms with van der Waals surface area (Å²) < 4.78 is 47.5. The van der Waals surface area contributed by atoms with E-state index in [0.29, 0.717) is 5.56 Å². The molecule has 1 amide bonds. The van der Waals surface area contributed by atoms with E-state index in [-0.39, 0.29) is 17.2 Å². The summed E-state index contributed by atoms with van der Waals surface area (Å²) in [6, 6.07) is 6.84. The van der Waals surface area contributed by atoms with Crippen molar-refractivity contribution in [3.05, 3.63) is 63.5 Å². The van der Waals surface area contributed by atoms with Crippen LogP contribution in [0.25, 0.3) is 0 Å². The number of hydrogen-bond donors (Lipinski definition) is 1. The van der Waals surface area contributed by atoms with Crippen molar-refractivity contribution in [2.45, 2.75) is 25.5 Å². The number of carbonyl (C=O) groups excluding carboxylic acids is 1. The predicted octanol–water partition coefficient (Wildman–Crippen LogP) is 4.23. The molecule has 1 aliphatic rings. The van der Waals surface area contributed by atoms with Gasteiger partial charge in [-0.1, -0.05) is 12.1 Å². The van der Waals surface area contributed by atoms with Gasteiger partial charge in [0.25, 0.3) is 11.6 Å². The van der Waals surface area contributed by atoms with E-state index in [4.69, 9.17) is 4.74 Å². The molecule has 1 saturated carbocycles. The molecular weight excluding hydrogens is 393 g/mol. The van der Waals surface area contributed by atoms with Crippen LogP contribution in [0.1, 0.15) is 34.8 Å². The zero-order valence-corrected chi connectivity index (χ0v) is 15.2. The Morgan fingerprint density at radius 2 is 1.86 bits per heavy atom. The van der Waals surface area contributed by atoms with Gasteiger partial charge in [0.05, 0.1) is 24.1 Å². The smallest absolute Gasteiger partial charge is 0.387 e. The molecule has 154 valence electrons. The Morgan fingerprint density at radius 3 is 2.38 bits per heavy atom. The molecule has 0 heterocycles. The number of nitrogens with one attached hydrogen (secondary N) is 1. The molecular formula is C19H17F3N2O5. The van der Waals surface area contributed by atoms with E-state index in [1.54, 1.807) is 0 Å². The fraction of sp³-hybridized carbons (Fsp3) is 0.316. The summed E-state index contributed by atoms with van der Waals surface area (Å²) in [6.07, 6.45) is 1.68. The molecule has 0 aliphatic heterocycles. The maximum atomic E-state index is 13.2. The van der Waals surface area contributed by atoms with Gasteiger partial charge in [-0.05, 0) is 36.5 Å². The van der Waals surface area contributed by atoms with Crippen LogP contribution in [-0.4, -0.2) is 24.6 Å². The average Bonchev–Trinajstić information content (AvgIpc) is 3.51. The maximum Gasteiger partial charge on any atom is 0.387 e. The highest BCUT2D eigenvalue weighted by atomic mass is 19.3. The molecule has 29 heavy (non-hydrogen) atoms. The lowest BCUT2D eigenvalue weighted by Gasteiger charge is -2.19. The van der Waals surface area contributed by atoms with Crippen molar-refractivity contribution in [3.8, 4) is 11.5 Å². The number of nitro groups is 1. The van der Waals surface area contributed by atoms with Crippen LogP contribution in [0.4, 0.5) is 18.9 Å². The number of benzene rings is 2. The fourth-order valence-electron chi connectivity index (χ4n) is 3.02. The van der Waals surface area contributed by atoms with E-state index < -0.39 is 40.7 Å². The lowest BCUT2D eigenvalue weighted by Crippen LogP contribution is -2.30. The monoisotopic (exact) mass is 410 g/mol.